The Balaban J connectivity index is 0.00000140. The summed E-state index contributed by atoms with van der Waals surface area (Å²) < 4.78 is 0. The van der Waals surface area contributed by atoms with Crippen molar-refractivity contribution >= 4 is 36.4 Å². The van der Waals surface area contributed by atoms with Crippen molar-refractivity contribution in [1.29, 1.82) is 0 Å². The standard InChI is InChI=1S/C22H28ClN3.2ClH/c1-25-11-13-26(14-12-25)10-9-24-22-16-21(22)18-7-5-17(6-8-18)19-3-2-4-20(23)15-19;;/h2-8,15,21-22,24H,9-14,16H2,1H3;2*1H/t21?,22-;;/m0../s1. The number of nitrogens with one attached hydrogen (secondary N) is 1. The smallest absolute Gasteiger partial charge is 0.0412 e. The van der Waals surface area contributed by atoms with Gasteiger partial charge in [-0.15, -0.1) is 24.8 Å². The lowest BCUT2D eigenvalue weighted by Crippen LogP contribution is -2.46. The molecule has 1 unspecified atom stereocenters. The molecule has 2 fully saturated rings. The summed E-state index contributed by atoms with van der Waals surface area (Å²) in [5.74, 6) is 0.677. The number of nitrogens with zero attached hydrogens (tertiary/aromatic N) is 2. The third-order valence-electron chi connectivity index (χ3n) is 5.72. The molecule has 28 heavy (non-hydrogen) atoms. The highest BCUT2D eigenvalue weighted by atomic mass is 35.5. The first-order valence-electron chi connectivity index (χ1n) is 9.69. The first-order chi connectivity index (χ1) is 12.7. The number of benzene rings is 2. The van der Waals surface area contributed by atoms with E-state index in [9.17, 15) is 0 Å². The van der Waals surface area contributed by atoms with Crippen LogP contribution in [0.5, 0.6) is 0 Å². The summed E-state index contributed by atoms with van der Waals surface area (Å²) in [6.07, 6.45) is 1.26. The van der Waals surface area contributed by atoms with E-state index in [1.54, 1.807) is 0 Å². The molecule has 1 aliphatic carbocycles. The summed E-state index contributed by atoms with van der Waals surface area (Å²) in [5, 5.41) is 4.53. The highest BCUT2D eigenvalue weighted by Crippen LogP contribution is 2.41. The van der Waals surface area contributed by atoms with Crippen LogP contribution < -0.4 is 5.32 Å². The van der Waals surface area contributed by atoms with Crippen LogP contribution in [0.3, 0.4) is 0 Å². The zero-order chi connectivity index (χ0) is 17.9. The Labute approximate surface area is 186 Å². The van der Waals surface area contributed by atoms with Gasteiger partial charge in [-0.1, -0.05) is 48.0 Å². The highest BCUT2D eigenvalue weighted by molar-refractivity contribution is 6.30. The van der Waals surface area contributed by atoms with Gasteiger partial charge < -0.3 is 10.2 Å². The molecule has 1 saturated carbocycles. The zero-order valence-electron chi connectivity index (χ0n) is 16.3. The maximum absolute atomic E-state index is 6.10. The predicted molar refractivity (Wildman–Crippen MR) is 124 cm³/mol. The van der Waals surface area contributed by atoms with Gasteiger partial charge in [-0.25, -0.2) is 0 Å². The molecule has 6 heteroatoms. The first kappa shape index (κ1) is 23.5. The van der Waals surface area contributed by atoms with Gasteiger partial charge in [-0.3, -0.25) is 4.90 Å². The van der Waals surface area contributed by atoms with Gasteiger partial charge in [0.05, 0.1) is 0 Å². The van der Waals surface area contributed by atoms with Crippen molar-refractivity contribution < 1.29 is 0 Å². The molecule has 1 heterocycles. The van der Waals surface area contributed by atoms with Crippen LogP contribution >= 0.6 is 36.4 Å². The lowest BCUT2D eigenvalue weighted by Gasteiger charge is -2.32. The summed E-state index contributed by atoms with van der Waals surface area (Å²) in [5.41, 5.74) is 3.87. The number of hydrogen-bond donors (Lipinski definition) is 1. The van der Waals surface area contributed by atoms with Gasteiger partial charge in [-0.2, -0.15) is 0 Å². The van der Waals surface area contributed by atoms with Gasteiger partial charge in [0.2, 0.25) is 0 Å². The zero-order valence-corrected chi connectivity index (χ0v) is 18.7. The molecule has 1 N–H and O–H groups in total. The Kier molecular flexibility index (Phi) is 9.07. The second-order valence-electron chi connectivity index (χ2n) is 7.68. The van der Waals surface area contributed by atoms with Crippen molar-refractivity contribution in [1.82, 2.24) is 15.1 Å². The minimum Gasteiger partial charge on any atom is -0.312 e. The maximum atomic E-state index is 6.10. The van der Waals surface area contributed by atoms with Crippen LogP contribution in [0.1, 0.15) is 17.9 Å². The molecule has 0 bridgehead atoms. The predicted octanol–water partition coefficient (Wildman–Crippen LogP) is 4.54. The lowest BCUT2D eigenvalue weighted by molar-refractivity contribution is 0.154. The van der Waals surface area contributed by atoms with Crippen molar-refractivity contribution in [2.24, 2.45) is 0 Å². The normalized spacial score (nSPS) is 22.2. The van der Waals surface area contributed by atoms with Crippen molar-refractivity contribution in [2.45, 2.75) is 18.4 Å². The molecule has 0 aromatic heterocycles. The molecule has 4 rings (SSSR count). The second kappa shape index (κ2) is 10.8. The minimum absolute atomic E-state index is 0. The first-order valence-corrected chi connectivity index (χ1v) is 10.1. The Bertz CT molecular complexity index is 730. The van der Waals surface area contributed by atoms with Crippen molar-refractivity contribution in [3.63, 3.8) is 0 Å². The number of rotatable bonds is 6. The van der Waals surface area contributed by atoms with Gasteiger partial charge in [0, 0.05) is 56.3 Å². The van der Waals surface area contributed by atoms with E-state index >= 15 is 0 Å². The Morgan fingerprint density at radius 3 is 2.36 bits per heavy atom. The summed E-state index contributed by atoms with van der Waals surface area (Å²) >= 11 is 6.10. The lowest BCUT2D eigenvalue weighted by atomic mass is 10.0. The third-order valence-corrected chi connectivity index (χ3v) is 5.95. The summed E-state index contributed by atoms with van der Waals surface area (Å²) in [4.78, 5) is 4.98. The quantitative estimate of drug-likeness (QED) is 0.708. The molecule has 2 aromatic carbocycles. The summed E-state index contributed by atoms with van der Waals surface area (Å²) in [7, 11) is 2.21. The topological polar surface area (TPSA) is 18.5 Å². The maximum Gasteiger partial charge on any atom is 0.0412 e. The number of piperazine rings is 1. The van der Waals surface area contributed by atoms with Gasteiger partial charge in [0.25, 0.3) is 0 Å². The molecule has 2 atom stereocenters. The highest BCUT2D eigenvalue weighted by Gasteiger charge is 2.37. The molecule has 1 saturated heterocycles. The summed E-state index contributed by atoms with van der Waals surface area (Å²) in [6.45, 7) is 7.08. The Hall–Kier alpha value is -0.810. The number of halogens is 3. The monoisotopic (exact) mass is 441 g/mol. The second-order valence-corrected chi connectivity index (χ2v) is 8.12. The van der Waals surface area contributed by atoms with Crippen molar-refractivity contribution in [3.05, 3.63) is 59.1 Å². The van der Waals surface area contributed by atoms with Crippen LogP contribution in [0.2, 0.25) is 5.02 Å². The van der Waals surface area contributed by atoms with Crippen LogP contribution in [0, 0.1) is 0 Å². The van der Waals surface area contributed by atoms with Gasteiger partial charge >= 0.3 is 0 Å². The van der Waals surface area contributed by atoms with Crippen LogP contribution in [0.4, 0.5) is 0 Å². The average molecular weight is 443 g/mol. The number of hydrogen-bond acceptors (Lipinski definition) is 3. The molecular formula is C22H30Cl3N3. The van der Waals surface area contributed by atoms with E-state index in [1.165, 1.54) is 55.8 Å². The molecule has 3 nitrogen and oxygen atoms in total. The van der Waals surface area contributed by atoms with Crippen molar-refractivity contribution in [3.8, 4) is 11.1 Å². The molecule has 2 aliphatic rings. The van der Waals surface area contributed by atoms with Gasteiger partial charge in [0.15, 0.2) is 0 Å². The molecular weight excluding hydrogens is 413 g/mol. The fraction of sp³-hybridized carbons (Fsp3) is 0.455. The van der Waals surface area contributed by atoms with Crippen molar-refractivity contribution in [2.75, 3.05) is 46.3 Å². The summed E-state index contributed by atoms with van der Waals surface area (Å²) in [6, 6.07) is 17.7. The molecule has 0 amide bonds. The average Bonchev–Trinajstić information content (AvgIpc) is 3.43. The fourth-order valence-electron chi connectivity index (χ4n) is 3.86. The molecule has 2 aromatic rings. The van der Waals surface area contributed by atoms with E-state index < -0.39 is 0 Å². The van der Waals surface area contributed by atoms with E-state index in [2.05, 4.69) is 52.5 Å². The van der Waals surface area contributed by atoms with Crippen LogP contribution in [-0.4, -0.2) is 62.2 Å². The third kappa shape index (κ3) is 6.09. The van der Waals surface area contributed by atoms with Gasteiger partial charge in [-0.05, 0) is 42.3 Å². The van der Waals surface area contributed by atoms with E-state index in [4.69, 9.17) is 11.6 Å². The SMILES string of the molecule is CN1CCN(CCN[C@H]2CC2c2ccc(-c3cccc(Cl)c3)cc2)CC1.Cl.Cl. The molecule has 0 radical (unpaired) electrons. The molecule has 0 spiro atoms. The number of likely N-dealkylation sites (N-methyl/N-ethyl adjacent to an activating group) is 1. The van der Waals surface area contributed by atoms with Crippen LogP contribution in [0.15, 0.2) is 48.5 Å². The fourth-order valence-corrected chi connectivity index (χ4v) is 4.05. The van der Waals surface area contributed by atoms with Crippen LogP contribution in [-0.2, 0) is 0 Å². The minimum atomic E-state index is 0. The van der Waals surface area contributed by atoms with Gasteiger partial charge in [0.1, 0.15) is 0 Å². The largest absolute Gasteiger partial charge is 0.312 e. The van der Waals surface area contributed by atoms with E-state index in [0.717, 1.165) is 11.6 Å². The van der Waals surface area contributed by atoms with Crippen LogP contribution in [0.25, 0.3) is 11.1 Å². The molecule has 1 aliphatic heterocycles. The van der Waals surface area contributed by atoms with E-state index in [-0.39, 0.29) is 24.8 Å². The Morgan fingerprint density at radius 1 is 0.964 bits per heavy atom. The Morgan fingerprint density at radius 2 is 1.68 bits per heavy atom. The van der Waals surface area contributed by atoms with E-state index in [0.29, 0.717) is 12.0 Å². The molecule has 154 valence electrons. The van der Waals surface area contributed by atoms with E-state index in [1.807, 2.05) is 18.2 Å².